The number of hydrogen-bond acceptors (Lipinski definition) is 5. The van der Waals surface area contributed by atoms with Crippen LogP contribution in [0.3, 0.4) is 0 Å². The summed E-state index contributed by atoms with van der Waals surface area (Å²) in [7, 11) is 0. The van der Waals surface area contributed by atoms with Crippen molar-refractivity contribution in [3.05, 3.63) is 30.3 Å². The second-order valence-electron chi connectivity index (χ2n) is 8.76. The van der Waals surface area contributed by atoms with Crippen LogP contribution in [0.4, 0.5) is 0 Å². The van der Waals surface area contributed by atoms with Gasteiger partial charge in [0, 0.05) is 18.2 Å². The highest BCUT2D eigenvalue weighted by atomic mass is 32.2. The molecule has 1 amide bonds. The van der Waals surface area contributed by atoms with Crippen molar-refractivity contribution < 1.29 is 9.21 Å². The van der Waals surface area contributed by atoms with Gasteiger partial charge in [0.2, 0.25) is 11.8 Å². The molecule has 0 spiro atoms. The molecule has 138 valence electrons. The van der Waals surface area contributed by atoms with E-state index >= 15 is 0 Å². The Morgan fingerprint density at radius 1 is 1.23 bits per heavy atom. The van der Waals surface area contributed by atoms with Gasteiger partial charge >= 0.3 is 0 Å². The number of fused-ring (bicyclic) bond motifs is 2. The predicted molar refractivity (Wildman–Crippen MR) is 102 cm³/mol. The fourth-order valence-corrected chi connectivity index (χ4v) is 5.57. The van der Waals surface area contributed by atoms with E-state index in [2.05, 4.69) is 35.9 Å². The minimum atomic E-state index is 0.181. The summed E-state index contributed by atoms with van der Waals surface area (Å²) in [6.07, 6.45) is 3.42. The van der Waals surface area contributed by atoms with Crippen LogP contribution in [-0.2, 0) is 4.79 Å². The zero-order chi connectivity index (χ0) is 18.4. The number of nitrogens with zero attached hydrogens (tertiary/aromatic N) is 3. The normalized spacial score (nSPS) is 26.9. The number of aromatic nitrogens is 2. The number of hydrogen-bond donors (Lipinski definition) is 0. The fourth-order valence-electron chi connectivity index (χ4n) is 4.92. The van der Waals surface area contributed by atoms with E-state index in [1.54, 1.807) is 0 Å². The molecule has 2 fully saturated rings. The molecule has 4 rings (SSSR count). The maximum Gasteiger partial charge on any atom is 0.277 e. The number of carbonyl (C=O) groups excluding carboxylic acids is 1. The van der Waals surface area contributed by atoms with Crippen LogP contribution in [0.5, 0.6) is 0 Å². The number of carbonyl (C=O) groups is 1. The zero-order valence-electron chi connectivity index (χ0n) is 15.6. The van der Waals surface area contributed by atoms with Crippen LogP contribution in [0.2, 0.25) is 0 Å². The summed E-state index contributed by atoms with van der Waals surface area (Å²) in [6.45, 7) is 7.85. The summed E-state index contributed by atoms with van der Waals surface area (Å²) in [5.41, 5.74) is 1.47. The summed E-state index contributed by atoms with van der Waals surface area (Å²) in [6, 6.07) is 10.1. The molecule has 1 saturated carbocycles. The van der Waals surface area contributed by atoms with Gasteiger partial charge in [0.25, 0.3) is 5.22 Å². The number of amides is 1. The molecule has 5 nitrogen and oxygen atoms in total. The minimum Gasteiger partial charge on any atom is -0.411 e. The number of likely N-dealkylation sites (tertiary alicyclic amines) is 1. The van der Waals surface area contributed by atoms with Gasteiger partial charge in [0.15, 0.2) is 0 Å². The Morgan fingerprint density at radius 2 is 2.00 bits per heavy atom. The van der Waals surface area contributed by atoms with E-state index in [1.807, 2.05) is 30.3 Å². The van der Waals surface area contributed by atoms with E-state index in [0.717, 1.165) is 24.9 Å². The minimum absolute atomic E-state index is 0.181. The molecular weight excluding hydrogens is 346 g/mol. The Kier molecular flexibility index (Phi) is 4.34. The molecule has 1 aliphatic heterocycles. The Labute approximate surface area is 158 Å². The van der Waals surface area contributed by atoms with E-state index in [1.165, 1.54) is 18.2 Å². The molecule has 1 aromatic heterocycles. The third-order valence-corrected chi connectivity index (χ3v) is 6.28. The van der Waals surface area contributed by atoms with Gasteiger partial charge < -0.3 is 9.32 Å². The topological polar surface area (TPSA) is 59.2 Å². The monoisotopic (exact) mass is 371 g/mol. The lowest BCUT2D eigenvalue weighted by Crippen LogP contribution is -2.38. The van der Waals surface area contributed by atoms with Crippen LogP contribution in [0.15, 0.2) is 40.0 Å². The summed E-state index contributed by atoms with van der Waals surface area (Å²) >= 11 is 1.33. The van der Waals surface area contributed by atoms with Crippen LogP contribution in [0.25, 0.3) is 11.5 Å². The van der Waals surface area contributed by atoms with Gasteiger partial charge in [0.05, 0.1) is 5.75 Å². The maximum atomic E-state index is 12.8. The maximum absolute atomic E-state index is 12.8. The van der Waals surface area contributed by atoms with E-state index in [9.17, 15) is 4.79 Å². The lowest BCUT2D eigenvalue weighted by atomic mass is 9.65. The summed E-state index contributed by atoms with van der Waals surface area (Å²) in [4.78, 5) is 14.9. The van der Waals surface area contributed by atoms with Crippen molar-refractivity contribution >= 4 is 17.7 Å². The molecule has 2 heterocycles. The lowest BCUT2D eigenvalue weighted by molar-refractivity contribution is -0.129. The van der Waals surface area contributed by atoms with Crippen molar-refractivity contribution in [3.8, 4) is 11.5 Å². The third kappa shape index (κ3) is 3.52. The Hall–Kier alpha value is -1.82. The van der Waals surface area contributed by atoms with Crippen molar-refractivity contribution in [2.75, 3.05) is 12.3 Å². The standard InChI is InChI=1S/C20H25N3O2S/c1-19(2)9-15-10-20(3,12-19)13-23(15)16(24)11-26-18-22-21-17(25-18)14-7-5-4-6-8-14/h4-8,15H,9-13H2,1-3H3. The zero-order valence-corrected chi connectivity index (χ0v) is 16.4. The SMILES string of the molecule is CC1(C)CC2CC(C)(CN2C(=O)CSc2nnc(-c3ccccc3)o2)C1. The highest BCUT2D eigenvalue weighted by Gasteiger charge is 2.50. The van der Waals surface area contributed by atoms with Gasteiger partial charge in [-0.2, -0.15) is 0 Å². The van der Waals surface area contributed by atoms with Gasteiger partial charge in [-0.1, -0.05) is 50.7 Å². The van der Waals surface area contributed by atoms with Gasteiger partial charge in [-0.15, -0.1) is 10.2 Å². The molecule has 2 aromatic rings. The smallest absolute Gasteiger partial charge is 0.277 e. The van der Waals surface area contributed by atoms with E-state index in [-0.39, 0.29) is 11.3 Å². The lowest BCUT2D eigenvalue weighted by Gasteiger charge is -2.39. The van der Waals surface area contributed by atoms with E-state index < -0.39 is 0 Å². The van der Waals surface area contributed by atoms with Gasteiger partial charge in [-0.3, -0.25) is 4.79 Å². The Morgan fingerprint density at radius 3 is 2.77 bits per heavy atom. The van der Waals surface area contributed by atoms with Gasteiger partial charge in [0.1, 0.15) is 0 Å². The van der Waals surface area contributed by atoms with Gasteiger partial charge in [-0.25, -0.2) is 0 Å². The first-order valence-corrected chi connectivity index (χ1v) is 10.1. The van der Waals surface area contributed by atoms with Crippen LogP contribution in [0, 0.1) is 10.8 Å². The number of benzene rings is 1. The third-order valence-electron chi connectivity index (χ3n) is 5.48. The average molecular weight is 372 g/mol. The molecule has 26 heavy (non-hydrogen) atoms. The molecule has 1 saturated heterocycles. The van der Waals surface area contributed by atoms with Crippen molar-refractivity contribution in [1.82, 2.24) is 15.1 Å². The summed E-state index contributed by atoms with van der Waals surface area (Å²) in [5.74, 6) is 1.02. The first kappa shape index (κ1) is 17.6. The van der Waals surface area contributed by atoms with Gasteiger partial charge in [-0.05, 0) is 42.2 Å². The molecule has 2 unspecified atom stereocenters. The predicted octanol–water partition coefficient (Wildman–Crippen LogP) is 4.26. The van der Waals surface area contributed by atoms with Crippen molar-refractivity contribution in [2.45, 2.75) is 51.3 Å². The highest BCUT2D eigenvalue weighted by molar-refractivity contribution is 7.99. The van der Waals surface area contributed by atoms with Crippen LogP contribution < -0.4 is 0 Å². The fraction of sp³-hybridized carbons (Fsp3) is 0.550. The first-order valence-electron chi connectivity index (χ1n) is 9.15. The van der Waals surface area contributed by atoms with E-state index in [4.69, 9.17) is 4.42 Å². The Bertz CT molecular complexity index is 804. The molecule has 2 aliphatic rings. The summed E-state index contributed by atoms with van der Waals surface area (Å²) in [5, 5.41) is 8.60. The average Bonchev–Trinajstić information content (AvgIpc) is 3.15. The van der Waals surface area contributed by atoms with Crippen LogP contribution >= 0.6 is 11.8 Å². The molecule has 0 N–H and O–H groups in total. The quantitative estimate of drug-likeness (QED) is 0.752. The first-order chi connectivity index (χ1) is 12.3. The van der Waals surface area contributed by atoms with Crippen molar-refractivity contribution in [3.63, 3.8) is 0 Å². The molecule has 1 aliphatic carbocycles. The highest BCUT2D eigenvalue weighted by Crippen LogP contribution is 2.52. The summed E-state index contributed by atoms with van der Waals surface area (Å²) < 4.78 is 5.69. The van der Waals surface area contributed by atoms with Crippen molar-refractivity contribution in [2.24, 2.45) is 10.8 Å². The molecule has 0 radical (unpaired) electrons. The molecule has 1 aromatic carbocycles. The van der Waals surface area contributed by atoms with E-state index in [0.29, 0.717) is 28.3 Å². The second kappa shape index (κ2) is 6.41. The molecule has 2 atom stereocenters. The van der Waals surface area contributed by atoms with Crippen LogP contribution in [0.1, 0.15) is 40.0 Å². The second-order valence-corrected chi connectivity index (χ2v) is 9.69. The van der Waals surface area contributed by atoms with Crippen LogP contribution in [-0.4, -0.2) is 39.3 Å². The Balaban J connectivity index is 1.39. The molecule has 6 heteroatoms. The molecule has 2 bridgehead atoms. The number of rotatable bonds is 4. The number of thioether (sulfide) groups is 1. The van der Waals surface area contributed by atoms with Crippen molar-refractivity contribution in [1.29, 1.82) is 0 Å². The molecular formula is C20H25N3O2S. The largest absolute Gasteiger partial charge is 0.411 e.